The third kappa shape index (κ3) is 4.97. The molecule has 0 spiro atoms. The van der Waals surface area contributed by atoms with Crippen LogP contribution in [-0.2, 0) is 9.53 Å². The zero-order valence-electron chi connectivity index (χ0n) is 23.7. The molecule has 8 nitrogen and oxygen atoms in total. The van der Waals surface area contributed by atoms with E-state index in [1.165, 1.54) is 30.6 Å². The van der Waals surface area contributed by atoms with Crippen LogP contribution in [0.2, 0.25) is 0 Å². The van der Waals surface area contributed by atoms with Gasteiger partial charge in [0, 0.05) is 17.1 Å². The Labute approximate surface area is 241 Å². The van der Waals surface area contributed by atoms with Crippen molar-refractivity contribution in [3.8, 4) is 5.69 Å². The summed E-state index contributed by atoms with van der Waals surface area (Å²) in [7, 11) is 1.33. The Morgan fingerprint density at radius 1 is 1.05 bits per heavy atom. The smallest absolute Gasteiger partial charge is 0.338 e. The van der Waals surface area contributed by atoms with Crippen LogP contribution < -0.4 is 20.0 Å². The van der Waals surface area contributed by atoms with Gasteiger partial charge in [0.2, 0.25) is 0 Å². The number of methoxy groups -OCH3 is 1. The number of carbonyl (C=O) groups excluding carboxylic acids is 2. The van der Waals surface area contributed by atoms with Crippen LogP contribution in [0.25, 0.3) is 11.8 Å². The van der Waals surface area contributed by atoms with Gasteiger partial charge in [-0.1, -0.05) is 61.6 Å². The normalized spacial score (nSPS) is 15.2. The minimum absolute atomic E-state index is 0.104. The van der Waals surface area contributed by atoms with E-state index in [9.17, 15) is 19.5 Å². The molecule has 9 heteroatoms. The molecule has 1 aliphatic rings. The van der Waals surface area contributed by atoms with Crippen molar-refractivity contribution in [2.24, 2.45) is 4.99 Å². The number of rotatable bonds is 6. The number of carboxylic acids is 1. The molecular weight excluding hydrogens is 538 g/mol. The minimum atomic E-state index is -1.23. The van der Waals surface area contributed by atoms with Gasteiger partial charge in [0.1, 0.15) is 0 Å². The number of esters is 1. The van der Waals surface area contributed by atoms with Crippen molar-refractivity contribution in [1.82, 2.24) is 9.13 Å². The molecule has 0 saturated heterocycles. The molecule has 1 aliphatic heterocycles. The van der Waals surface area contributed by atoms with Crippen LogP contribution in [0.5, 0.6) is 0 Å². The number of aromatic nitrogens is 2. The third-order valence-electron chi connectivity index (χ3n) is 7.46. The molecule has 3 heterocycles. The average Bonchev–Trinajstić information content (AvgIpc) is 3.41. The molecule has 0 bridgehead atoms. The lowest BCUT2D eigenvalue weighted by atomic mass is 9.93. The maximum Gasteiger partial charge on any atom is 0.338 e. The van der Waals surface area contributed by atoms with E-state index >= 15 is 0 Å². The molecule has 0 unspecified atom stereocenters. The Kier molecular flexibility index (Phi) is 7.40. The average molecular weight is 569 g/mol. The molecule has 0 fully saturated rings. The molecule has 0 saturated carbocycles. The zero-order chi connectivity index (χ0) is 29.6. The summed E-state index contributed by atoms with van der Waals surface area (Å²) in [5.74, 6) is -1.41. The van der Waals surface area contributed by atoms with Crippen molar-refractivity contribution in [2.75, 3.05) is 7.11 Å². The maximum absolute atomic E-state index is 14.0. The highest BCUT2D eigenvalue weighted by Crippen LogP contribution is 2.31. The first-order chi connectivity index (χ1) is 19.5. The number of hydrogen-bond acceptors (Lipinski definition) is 7. The molecule has 0 N–H and O–H groups in total. The van der Waals surface area contributed by atoms with Gasteiger partial charge in [-0.2, -0.15) is 0 Å². The Morgan fingerprint density at radius 3 is 2.29 bits per heavy atom. The molecule has 2 aromatic carbocycles. The van der Waals surface area contributed by atoms with Crippen LogP contribution >= 0.6 is 11.3 Å². The fourth-order valence-electron chi connectivity index (χ4n) is 5.29. The standard InChI is InChI=1S/C32H31N3O5S/c1-17(2)21-7-9-22(10-8-21)28-27(31(39)40-6)19(4)33-32-35(28)29(36)26(41-32)16-24-15-18(3)34(20(24)5)25-13-11-23(12-14-25)30(37)38/h7-17,28H,1-6H3,(H,37,38)/p-1/b26-16+/t28-/m0/s1. The summed E-state index contributed by atoms with van der Waals surface area (Å²) >= 11 is 1.27. The van der Waals surface area contributed by atoms with Crippen LogP contribution in [0.3, 0.4) is 0 Å². The topological polar surface area (TPSA) is 106 Å². The summed E-state index contributed by atoms with van der Waals surface area (Å²) in [6.07, 6.45) is 1.84. The van der Waals surface area contributed by atoms with E-state index in [-0.39, 0.29) is 11.1 Å². The summed E-state index contributed by atoms with van der Waals surface area (Å²) in [4.78, 5) is 43.2. The fraction of sp³-hybridized carbons (Fsp3) is 0.250. The largest absolute Gasteiger partial charge is 0.545 e. The van der Waals surface area contributed by atoms with E-state index in [4.69, 9.17) is 4.74 Å². The van der Waals surface area contributed by atoms with Crippen molar-refractivity contribution in [3.05, 3.63) is 119 Å². The number of thiazole rings is 1. The Morgan fingerprint density at radius 2 is 1.71 bits per heavy atom. The lowest BCUT2D eigenvalue weighted by Gasteiger charge is -2.24. The lowest BCUT2D eigenvalue weighted by molar-refractivity contribution is -0.255. The van der Waals surface area contributed by atoms with Crippen molar-refractivity contribution < 1.29 is 19.4 Å². The molecule has 5 rings (SSSR count). The first kappa shape index (κ1) is 28.0. The zero-order valence-corrected chi connectivity index (χ0v) is 24.5. The Balaban J connectivity index is 1.65. The van der Waals surface area contributed by atoms with Crippen molar-refractivity contribution in [2.45, 2.75) is 46.6 Å². The highest BCUT2D eigenvalue weighted by molar-refractivity contribution is 7.07. The molecule has 0 amide bonds. The molecule has 0 aliphatic carbocycles. The van der Waals surface area contributed by atoms with Gasteiger partial charge in [0.15, 0.2) is 4.80 Å². The number of hydrogen-bond donors (Lipinski definition) is 0. The van der Waals surface area contributed by atoms with Gasteiger partial charge in [0.25, 0.3) is 5.56 Å². The van der Waals surface area contributed by atoms with E-state index < -0.39 is 18.0 Å². The SMILES string of the molecule is COC(=O)C1=C(C)N=c2s/c(=C/c3cc(C)n(-c4ccc(C(=O)[O-])cc4)c3C)c(=O)n2[C@H]1c1ccc(C(C)C)cc1. The van der Waals surface area contributed by atoms with Gasteiger partial charge < -0.3 is 19.2 Å². The predicted octanol–water partition coefficient (Wildman–Crippen LogP) is 3.30. The van der Waals surface area contributed by atoms with E-state index in [2.05, 4.69) is 18.8 Å². The number of nitrogens with zero attached hydrogens (tertiary/aromatic N) is 3. The third-order valence-corrected chi connectivity index (χ3v) is 8.45. The van der Waals surface area contributed by atoms with Crippen LogP contribution in [0.4, 0.5) is 0 Å². The molecule has 41 heavy (non-hydrogen) atoms. The van der Waals surface area contributed by atoms with Gasteiger partial charge >= 0.3 is 5.97 Å². The quantitative estimate of drug-likeness (QED) is 0.332. The summed E-state index contributed by atoms with van der Waals surface area (Å²) in [6.45, 7) is 9.88. The summed E-state index contributed by atoms with van der Waals surface area (Å²) in [6, 6.07) is 15.7. The monoisotopic (exact) mass is 568 g/mol. The van der Waals surface area contributed by atoms with Crippen molar-refractivity contribution in [1.29, 1.82) is 0 Å². The maximum atomic E-state index is 14.0. The first-order valence-electron chi connectivity index (χ1n) is 13.2. The number of fused-ring (bicyclic) bond motifs is 1. The van der Waals surface area contributed by atoms with Crippen LogP contribution in [0.1, 0.15) is 71.2 Å². The predicted molar refractivity (Wildman–Crippen MR) is 156 cm³/mol. The summed E-state index contributed by atoms with van der Waals surface area (Å²) in [5.41, 5.74) is 6.13. The van der Waals surface area contributed by atoms with E-state index in [1.54, 1.807) is 23.6 Å². The van der Waals surface area contributed by atoms with Crippen LogP contribution in [-0.4, -0.2) is 28.2 Å². The van der Waals surface area contributed by atoms with Gasteiger partial charge in [-0.25, -0.2) is 9.79 Å². The molecule has 0 radical (unpaired) electrons. The molecule has 2 aromatic heterocycles. The second-order valence-corrected chi connectivity index (χ2v) is 11.4. The van der Waals surface area contributed by atoms with Gasteiger partial charge in [-0.05, 0) is 73.2 Å². The fourth-order valence-corrected chi connectivity index (χ4v) is 6.33. The lowest BCUT2D eigenvalue weighted by Crippen LogP contribution is -2.39. The summed E-state index contributed by atoms with van der Waals surface area (Å²) in [5, 5.41) is 11.2. The van der Waals surface area contributed by atoms with E-state index in [0.29, 0.717) is 26.5 Å². The van der Waals surface area contributed by atoms with Gasteiger partial charge in [-0.3, -0.25) is 9.36 Å². The van der Waals surface area contributed by atoms with E-state index in [1.807, 2.05) is 54.8 Å². The number of allylic oxidation sites excluding steroid dienone is 1. The summed E-state index contributed by atoms with van der Waals surface area (Å²) < 4.78 is 9.18. The number of carboxylic acid groups (broad SMARTS) is 1. The number of benzene rings is 2. The van der Waals surface area contributed by atoms with Gasteiger partial charge in [-0.15, -0.1) is 0 Å². The molecule has 1 atom stereocenters. The van der Waals surface area contributed by atoms with Crippen molar-refractivity contribution >= 4 is 29.4 Å². The number of carbonyl (C=O) groups is 2. The number of aromatic carboxylic acids is 1. The molecule has 210 valence electrons. The number of aryl methyl sites for hydroxylation is 1. The molecule has 4 aromatic rings. The first-order valence-corrected chi connectivity index (χ1v) is 14.0. The van der Waals surface area contributed by atoms with Crippen LogP contribution in [0.15, 0.2) is 75.7 Å². The molecular formula is C32H30N3O5S-. The second kappa shape index (κ2) is 10.8. The highest BCUT2D eigenvalue weighted by Gasteiger charge is 2.33. The Bertz CT molecular complexity index is 1890. The highest BCUT2D eigenvalue weighted by atomic mass is 32.1. The van der Waals surface area contributed by atoms with Gasteiger partial charge in [0.05, 0.1) is 34.9 Å². The Hall–Kier alpha value is -4.50. The van der Waals surface area contributed by atoms with Crippen LogP contribution in [0, 0.1) is 13.8 Å². The van der Waals surface area contributed by atoms with E-state index in [0.717, 1.165) is 33.8 Å². The minimum Gasteiger partial charge on any atom is -0.545 e. The van der Waals surface area contributed by atoms with Crippen molar-refractivity contribution in [3.63, 3.8) is 0 Å². The number of ether oxygens (including phenoxy) is 1. The second-order valence-electron chi connectivity index (χ2n) is 10.4.